The minimum absolute atomic E-state index is 0.231. The Hall–Kier alpha value is -1.02. The Morgan fingerprint density at radius 3 is 2.88 bits per heavy atom. The number of nitrogens with one attached hydrogen (secondary N) is 1. The zero-order chi connectivity index (χ0) is 11.8. The first kappa shape index (κ1) is 11.1. The Morgan fingerprint density at radius 1 is 1.18 bits per heavy atom. The van der Waals surface area contributed by atoms with Crippen molar-refractivity contribution in [2.24, 2.45) is 11.7 Å². The molecule has 1 aliphatic carbocycles. The van der Waals surface area contributed by atoms with Crippen LogP contribution in [0.2, 0.25) is 0 Å². The van der Waals surface area contributed by atoms with E-state index >= 15 is 0 Å². The van der Waals surface area contributed by atoms with Gasteiger partial charge in [0.1, 0.15) is 0 Å². The lowest BCUT2D eigenvalue weighted by atomic mass is 9.80. The summed E-state index contributed by atoms with van der Waals surface area (Å²) in [6.45, 7) is 2.15. The molecule has 1 fully saturated rings. The lowest BCUT2D eigenvalue weighted by Crippen LogP contribution is -2.40. The maximum atomic E-state index is 6.50. The van der Waals surface area contributed by atoms with Crippen LogP contribution in [0.3, 0.4) is 0 Å². The van der Waals surface area contributed by atoms with Crippen LogP contribution in [-0.4, -0.2) is 6.04 Å². The second kappa shape index (κ2) is 4.34. The van der Waals surface area contributed by atoms with Gasteiger partial charge in [0.2, 0.25) is 0 Å². The summed E-state index contributed by atoms with van der Waals surface area (Å²) in [7, 11) is 0. The molecule has 2 aliphatic rings. The average molecular weight is 230 g/mol. The largest absolute Gasteiger partial charge is 0.382 e. The van der Waals surface area contributed by atoms with Crippen LogP contribution in [0.25, 0.3) is 0 Å². The number of rotatable bonds is 0. The molecule has 2 nitrogen and oxygen atoms in total. The molecule has 3 rings (SSSR count). The van der Waals surface area contributed by atoms with Gasteiger partial charge in [-0.2, -0.15) is 0 Å². The van der Waals surface area contributed by atoms with Gasteiger partial charge in [0.15, 0.2) is 0 Å². The number of aryl methyl sites for hydroxylation is 1. The summed E-state index contributed by atoms with van der Waals surface area (Å²) < 4.78 is 0. The number of fused-ring (bicyclic) bond motifs is 2. The third kappa shape index (κ3) is 1.95. The molecule has 0 amide bonds. The van der Waals surface area contributed by atoms with Gasteiger partial charge in [0.05, 0.1) is 0 Å². The van der Waals surface area contributed by atoms with Gasteiger partial charge in [-0.3, -0.25) is 0 Å². The first-order valence-electron chi connectivity index (χ1n) is 6.88. The fourth-order valence-electron chi connectivity index (χ4n) is 3.47. The van der Waals surface area contributed by atoms with Crippen molar-refractivity contribution in [1.82, 2.24) is 0 Å². The van der Waals surface area contributed by atoms with E-state index in [0.717, 1.165) is 0 Å². The molecule has 0 spiro atoms. The predicted octanol–water partition coefficient (Wildman–Crippen LogP) is 3.37. The SMILES string of the molecule is Cc1ccc2c(c1)C(N)C1CCCCCC1N2. The summed E-state index contributed by atoms with van der Waals surface area (Å²) in [5.41, 5.74) is 10.4. The minimum atomic E-state index is 0.231. The Bertz CT molecular complexity index is 413. The van der Waals surface area contributed by atoms with Crippen molar-refractivity contribution in [2.45, 2.75) is 51.1 Å². The Labute approximate surface area is 104 Å². The number of nitrogens with two attached hydrogens (primary N) is 1. The maximum Gasteiger partial charge on any atom is 0.0391 e. The first-order valence-corrected chi connectivity index (χ1v) is 6.88. The van der Waals surface area contributed by atoms with Gasteiger partial charge in [-0.05, 0) is 37.3 Å². The van der Waals surface area contributed by atoms with Gasteiger partial charge >= 0.3 is 0 Å². The maximum absolute atomic E-state index is 6.50. The van der Waals surface area contributed by atoms with Gasteiger partial charge in [-0.25, -0.2) is 0 Å². The number of anilines is 1. The van der Waals surface area contributed by atoms with Crippen LogP contribution < -0.4 is 11.1 Å². The molecule has 0 radical (unpaired) electrons. The van der Waals surface area contributed by atoms with E-state index in [1.54, 1.807) is 0 Å². The Balaban J connectivity index is 1.97. The van der Waals surface area contributed by atoms with Crippen LogP contribution in [0.15, 0.2) is 18.2 Å². The molecule has 3 N–H and O–H groups in total. The fourth-order valence-corrected chi connectivity index (χ4v) is 3.47. The van der Waals surface area contributed by atoms with E-state index in [-0.39, 0.29) is 6.04 Å². The standard InChI is InChI=1S/C15H22N2/c1-10-7-8-14-12(9-10)15(16)11-5-3-2-4-6-13(11)17-14/h7-9,11,13,15,17H,2-6,16H2,1H3. The van der Waals surface area contributed by atoms with Gasteiger partial charge in [-0.1, -0.05) is 37.0 Å². The van der Waals surface area contributed by atoms with Crippen molar-refractivity contribution < 1.29 is 0 Å². The lowest BCUT2D eigenvalue weighted by Gasteiger charge is -2.38. The van der Waals surface area contributed by atoms with Crippen LogP contribution in [0, 0.1) is 12.8 Å². The van der Waals surface area contributed by atoms with Crippen molar-refractivity contribution in [3.05, 3.63) is 29.3 Å². The fraction of sp³-hybridized carbons (Fsp3) is 0.600. The van der Waals surface area contributed by atoms with Gasteiger partial charge in [0.25, 0.3) is 0 Å². The monoisotopic (exact) mass is 230 g/mol. The van der Waals surface area contributed by atoms with Crippen LogP contribution >= 0.6 is 0 Å². The summed E-state index contributed by atoms with van der Waals surface area (Å²) in [6, 6.07) is 7.46. The van der Waals surface area contributed by atoms with E-state index < -0.39 is 0 Å². The van der Waals surface area contributed by atoms with Gasteiger partial charge in [-0.15, -0.1) is 0 Å². The Morgan fingerprint density at radius 2 is 2.00 bits per heavy atom. The molecule has 0 saturated heterocycles. The van der Waals surface area contributed by atoms with Crippen LogP contribution in [0.1, 0.15) is 49.3 Å². The molecule has 3 atom stereocenters. The van der Waals surface area contributed by atoms with Crippen LogP contribution in [-0.2, 0) is 0 Å². The van der Waals surface area contributed by atoms with Crippen molar-refractivity contribution in [3.8, 4) is 0 Å². The van der Waals surface area contributed by atoms with Crippen molar-refractivity contribution in [2.75, 3.05) is 5.32 Å². The smallest absolute Gasteiger partial charge is 0.0391 e. The zero-order valence-corrected chi connectivity index (χ0v) is 10.6. The molecule has 3 unspecified atom stereocenters. The first-order chi connectivity index (χ1) is 8.25. The highest BCUT2D eigenvalue weighted by molar-refractivity contribution is 5.57. The van der Waals surface area contributed by atoms with Crippen molar-refractivity contribution in [3.63, 3.8) is 0 Å². The normalized spacial score (nSPS) is 32.0. The average Bonchev–Trinajstić information content (AvgIpc) is 2.56. The van der Waals surface area contributed by atoms with Crippen molar-refractivity contribution >= 4 is 5.69 Å². The molecular formula is C15H22N2. The van der Waals surface area contributed by atoms with E-state index in [9.17, 15) is 0 Å². The second-order valence-electron chi connectivity index (χ2n) is 5.67. The lowest BCUT2D eigenvalue weighted by molar-refractivity contribution is 0.339. The summed E-state index contributed by atoms with van der Waals surface area (Å²) in [6.07, 6.45) is 6.63. The highest BCUT2D eigenvalue weighted by atomic mass is 15.0. The molecule has 1 aromatic carbocycles. The topological polar surface area (TPSA) is 38.0 Å². The molecule has 1 aliphatic heterocycles. The van der Waals surface area contributed by atoms with Crippen LogP contribution in [0.4, 0.5) is 5.69 Å². The van der Waals surface area contributed by atoms with Gasteiger partial charge < -0.3 is 11.1 Å². The third-order valence-corrected chi connectivity index (χ3v) is 4.44. The van der Waals surface area contributed by atoms with E-state index in [0.29, 0.717) is 12.0 Å². The Kier molecular flexibility index (Phi) is 2.83. The molecule has 2 heteroatoms. The number of hydrogen-bond acceptors (Lipinski definition) is 2. The van der Waals surface area contributed by atoms with E-state index in [4.69, 9.17) is 5.73 Å². The summed E-state index contributed by atoms with van der Waals surface area (Å²) in [4.78, 5) is 0. The molecule has 17 heavy (non-hydrogen) atoms. The molecule has 1 saturated carbocycles. The van der Waals surface area contributed by atoms with Gasteiger partial charge in [0, 0.05) is 17.8 Å². The third-order valence-electron chi connectivity index (χ3n) is 4.44. The highest BCUT2D eigenvalue weighted by Crippen LogP contribution is 2.41. The molecule has 1 heterocycles. The predicted molar refractivity (Wildman–Crippen MR) is 72.1 cm³/mol. The minimum Gasteiger partial charge on any atom is -0.382 e. The van der Waals surface area contributed by atoms with E-state index in [1.165, 1.54) is 48.9 Å². The zero-order valence-electron chi connectivity index (χ0n) is 10.6. The summed E-state index contributed by atoms with van der Waals surface area (Å²) in [5, 5.41) is 3.72. The van der Waals surface area contributed by atoms with Crippen LogP contribution in [0.5, 0.6) is 0 Å². The summed E-state index contributed by atoms with van der Waals surface area (Å²) >= 11 is 0. The molecule has 1 aromatic rings. The molecular weight excluding hydrogens is 208 g/mol. The quantitative estimate of drug-likeness (QED) is 0.717. The highest BCUT2D eigenvalue weighted by Gasteiger charge is 2.34. The second-order valence-corrected chi connectivity index (χ2v) is 5.67. The van der Waals surface area contributed by atoms with Crippen molar-refractivity contribution in [1.29, 1.82) is 0 Å². The molecule has 92 valence electrons. The van der Waals surface area contributed by atoms with E-state index in [2.05, 4.69) is 30.4 Å². The molecule has 0 aromatic heterocycles. The molecule has 0 bridgehead atoms. The van der Waals surface area contributed by atoms with E-state index in [1.807, 2.05) is 0 Å². The number of benzene rings is 1. The number of hydrogen-bond donors (Lipinski definition) is 2. The summed E-state index contributed by atoms with van der Waals surface area (Å²) in [5.74, 6) is 0.631.